The topological polar surface area (TPSA) is 149 Å². The van der Waals surface area contributed by atoms with Gasteiger partial charge in [-0.2, -0.15) is 4.31 Å². The zero-order chi connectivity index (χ0) is 25.9. The maximum atomic E-state index is 13.5. The van der Waals surface area contributed by atoms with Crippen LogP contribution >= 0.6 is 11.3 Å². The number of nitrogens with one attached hydrogen (secondary N) is 1. The molecule has 0 spiro atoms. The maximum absolute atomic E-state index is 13.5. The molecule has 1 N–H and O–H groups in total. The molecule has 1 unspecified atom stereocenters. The second kappa shape index (κ2) is 10.5. The molecule has 3 aromatic rings. The standard InChI is InChI=1S/C23H22N4O7S2/c1-15-6-8-17(9-7-15)36(32,33)26-11-10-16-4-2-3-5-18(16)19(26)12-22(29)34-14-20(28)25-23-24-13-21(35-23)27(30)31/h2-9,13,19H,10-12,14H2,1H3,(H,24,25,28). The summed E-state index contributed by atoms with van der Waals surface area (Å²) in [6.07, 6.45) is 1.21. The molecule has 188 valence electrons. The number of carbonyl (C=O) groups excluding carboxylic acids is 2. The number of benzene rings is 2. The van der Waals surface area contributed by atoms with Gasteiger partial charge in [-0.25, -0.2) is 13.4 Å². The highest BCUT2D eigenvalue weighted by molar-refractivity contribution is 7.89. The third-order valence-corrected chi connectivity index (χ3v) is 8.42. The van der Waals surface area contributed by atoms with Gasteiger partial charge in [-0.05, 0) is 47.9 Å². The Kier molecular flexibility index (Phi) is 7.43. The molecule has 1 aliphatic rings. The molecule has 1 aromatic heterocycles. The third-order valence-electron chi connectivity index (χ3n) is 5.63. The lowest BCUT2D eigenvalue weighted by Gasteiger charge is -2.36. The van der Waals surface area contributed by atoms with Crippen LogP contribution in [-0.2, 0) is 30.8 Å². The zero-order valence-corrected chi connectivity index (χ0v) is 20.8. The fraction of sp³-hybridized carbons (Fsp3) is 0.261. The van der Waals surface area contributed by atoms with Gasteiger partial charge in [0.15, 0.2) is 11.7 Å². The second-order valence-corrected chi connectivity index (χ2v) is 11.0. The molecular formula is C23H22N4O7S2. The number of ether oxygens (including phenoxy) is 1. The van der Waals surface area contributed by atoms with E-state index in [9.17, 15) is 28.1 Å². The van der Waals surface area contributed by atoms with Crippen molar-refractivity contribution >= 4 is 43.4 Å². The number of thiazole rings is 1. The highest BCUT2D eigenvalue weighted by Crippen LogP contribution is 2.36. The Hall–Kier alpha value is -3.68. The molecule has 11 nitrogen and oxygen atoms in total. The molecule has 0 saturated carbocycles. The first-order valence-electron chi connectivity index (χ1n) is 10.9. The van der Waals surface area contributed by atoms with Gasteiger partial charge in [0.2, 0.25) is 10.0 Å². The number of hydrogen-bond acceptors (Lipinski definition) is 9. The molecular weight excluding hydrogens is 508 g/mol. The Morgan fingerprint density at radius 1 is 1.22 bits per heavy atom. The van der Waals surface area contributed by atoms with Crippen LogP contribution in [0.25, 0.3) is 0 Å². The van der Waals surface area contributed by atoms with E-state index in [0.717, 1.165) is 17.3 Å². The van der Waals surface area contributed by atoms with E-state index >= 15 is 0 Å². The normalized spacial score (nSPS) is 15.6. The molecule has 0 fully saturated rings. The Morgan fingerprint density at radius 3 is 2.64 bits per heavy atom. The van der Waals surface area contributed by atoms with Gasteiger partial charge in [-0.3, -0.25) is 25.0 Å². The van der Waals surface area contributed by atoms with E-state index in [1.54, 1.807) is 24.3 Å². The van der Waals surface area contributed by atoms with E-state index in [2.05, 4.69) is 10.3 Å². The van der Waals surface area contributed by atoms with Gasteiger partial charge in [-0.15, -0.1) is 0 Å². The van der Waals surface area contributed by atoms with E-state index in [-0.39, 0.29) is 28.0 Å². The van der Waals surface area contributed by atoms with Crippen LogP contribution in [-0.4, -0.2) is 47.7 Å². The van der Waals surface area contributed by atoms with Gasteiger partial charge in [0.1, 0.15) is 6.20 Å². The summed E-state index contributed by atoms with van der Waals surface area (Å²) in [6.45, 7) is 1.40. The summed E-state index contributed by atoms with van der Waals surface area (Å²) in [5.41, 5.74) is 2.56. The van der Waals surface area contributed by atoms with Crippen LogP contribution in [0.2, 0.25) is 0 Å². The Bertz CT molecular complexity index is 1400. The summed E-state index contributed by atoms with van der Waals surface area (Å²) in [5.74, 6) is -1.48. The van der Waals surface area contributed by atoms with Crippen LogP contribution in [0, 0.1) is 17.0 Å². The molecule has 2 heterocycles. The molecule has 4 rings (SSSR count). The number of aryl methyl sites for hydroxylation is 1. The number of aromatic nitrogens is 1. The average Bonchev–Trinajstić information content (AvgIpc) is 3.32. The van der Waals surface area contributed by atoms with Crippen LogP contribution < -0.4 is 5.32 Å². The Balaban J connectivity index is 1.48. The number of nitro groups is 1. The number of fused-ring (bicyclic) bond motifs is 1. The molecule has 0 bridgehead atoms. The van der Waals surface area contributed by atoms with Crippen LogP contribution in [0.4, 0.5) is 10.1 Å². The number of esters is 1. The lowest BCUT2D eigenvalue weighted by Crippen LogP contribution is -2.41. The van der Waals surface area contributed by atoms with Crippen LogP contribution in [0.1, 0.15) is 29.2 Å². The molecule has 1 aliphatic heterocycles. The van der Waals surface area contributed by atoms with E-state index < -0.39 is 39.5 Å². The van der Waals surface area contributed by atoms with Crippen molar-refractivity contribution in [1.82, 2.24) is 9.29 Å². The molecule has 0 aliphatic carbocycles. The number of anilines is 1. The highest BCUT2D eigenvalue weighted by atomic mass is 32.2. The predicted molar refractivity (Wildman–Crippen MR) is 131 cm³/mol. The average molecular weight is 531 g/mol. The number of hydrogen-bond donors (Lipinski definition) is 1. The fourth-order valence-electron chi connectivity index (χ4n) is 3.90. The molecule has 1 amide bonds. The van der Waals surface area contributed by atoms with E-state index in [4.69, 9.17) is 4.74 Å². The molecule has 1 atom stereocenters. The van der Waals surface area contributed by atoms with Crippen molar-refractivity contribution < 1.29 is 27.7 Å². The van der Waals surface area contributed by atoms with Crippen molar-refractivity contribution in [2.24, 2.45) is 0 Å². The van der Waals surface area contributed by atoms with Crippen LogP contribution in [0.15, 0.2) is 59.6 Å². The van der Waals surface area contributed by atoms with Gasteiger partial charge in [0.05, 0.1) is 22.3 Å². The van der Waals surface area contributed by atoms with Crippen molar-refractivity contribution in [1.29, 1.82) is 0 Å². The summed E-state index contributed by atoms with van der Waals surface area (Å²) in [4.78, 5) is 38.8. The molecule has 13 heteroatoms. The van der Waals surface area contributed by atoms with Gasteiger partial charge in [-0.1, -0.05) is 42.0 Å². The van der Waals surface area contributed by atoms with Gasteiger partial charge in [0, 0.05) is 6.54 Å². The first-order chi connectivity index (χ1) is 17.1. The predicted octanol–water partition coefficient (Wildman–Crippen LogP) is 3.22. The fourth-order valence-corrected chi connectivity index (χ4v) is 6.15. The van der Waals surface area contributed by atoms with E-state index in [0.29, 0.717) is 23.3 Å². The summed E-state index contributed by atoms with van der Waals surface area (Å²) >= 11 is 0.670. The zero-order valence-electron chi connectivity index (χ0n) is 19.1. The SMILES string of the molecule is Cc1ccc(S(=O)(=O)N2CCc3ccccc3C2CC(=O)OCC(=O)Nc2ncc([N+](=O)[O-])s2)cc1. The van der Waals surface area contributed by atoms with Crippen molar-refractivity contribution in [2.45, 2.75) is 30.7 Å². The molecule has 2 aromatic carbocycles. The minimum absolute atomic E-state index is 0.000627. The van der Waals surface area contributed by atoms with Gasteiger partial charge >= 0.3 is 11.0 Å². The Morgan fingerprint density at radius 2 is 1.94 bits per heavy atom. The first kappa shape index (κ1) is 25.4. The number of rotatable bonds is 8. The number of sulfonamides is 1. The molecule has 0 saturated heterocycles. The van der Waals surface area contributed by atoms with Crippen molar-refractivity contribution in [3.63, 3.8) is 0 Å². The van der Waals surface area contributed by atoms with Crippen LogP contribution in [0.5, 0.6) is 0 Å². The van der Waals surface area contributed by atoms with Crippen molar-refractivity contribution in [2.75, 3.05) is 18.5 Å². The lowest BCUT2D eigenvalue weighted by atomic mass is 9.92. The minimum Gasteiger partial charge on any atom is -0.456 e. The molecule has 36 heavy (non-hydrogen) atoms. The largest absolute Gasteiger partial charge is 0.456 e. The maximum Gasteiger partial charge on any atom is 0.345 e. The Labute approximate surface area is 210 Å². The molecule has 0 radical (unpaired) electrons. The first-order valence-corrected chi connectivity index (χ1v) is 13.1. The minimum atomic E-state index is -3.91. The van der Waals surface area contributed by atoms with Gasteiger partial charge in [0.25, 0.3) is 5.91 Å². The van der Waals surface area contributed by atoms with Crippen LogP contribution in [0.3, 0.4) is 0 Å². The summed E-state index contributed by atoms with van der Waals surface area (Å²) in [6, 6.07) is 13.0. The smallest absolute Gasteiger partial charge is 0.345 e. The second-order valence-electron chi connectivity index (χ2n) is 8.07. The summed E-state index contributed by atoms with van der Waals surface area (Å²) in [7, 11) is -3.91. The number of nitrogens with zero attached hydrogens (tertiary/aromatic N) is 3. The lowest BCUT2D eigenvalue weighted by molar-refractivity contribution is -0.380. The van der Waals surface area contributed by atoms with Crippen molar-refractivity contribution in [3.05, 3.63) is 81.5 Å². The summed E-state index contributed by atoms with van der Waals surface area (Å²) in [5, 5.41) is 12.8. The van der Waals surface area contributed by atoms with E-state index in [1.807, 2.05) is 19.1 Å². The number of amides is 1. The third kappa shape index (κ3) is 5.58. The number of carbonyl (C=O) groups is 2. The summed E-state index contributed by atoms with van der Waals surface area (Å²) < 4.78 is 33.4. The van der Waals surface area contributed by atoms with Crippen molar-refractivity contribution in [3.8, 4) is 0 Å². The van der Waals surface area contributed by atoms with E-state index in [1.165, 1.54) is 16.4 Å². The highest BCUT2D eigenvalue weighted by Gasteiger charge is 2.37. The quantitative estimate of drug-likeness (QED) is 0.265. The monoisotopic (exact) mass is 530 g/mol. The van der Waals surface area contributed by atoms with Gasteiger partial charge < -0.3 is 4.74 Å².